The molecule has 0 saturated heterocycles. The van der Waals surface area contributed by atoms with Gasteiger partial charge in [-0.1, -0.05) is 12.1 Å². The Morgan fingerprint density at radius 1 is 1.22 bits per heavy atom. The van der Waals surface area contributed by atoms with E-state index >= 15 is 0 Å². The van der Waals surface area contributed by atoms with Crippen LogP contribution in [0.3, 0.4) is 0 Å². The molecule has 3 rings (SSSR count). The number of para-hydroxylation sites is 2. The lowest BCUT2D eigenvalue weighted by atomic mass is 9.92. The molecule has 5 nitrogen and oxygen atoms in total. The van der Waals surface area contributed by atoms with Gasteiger partial charge in [0.1, 0.15) is 0 Å². The summed E-state index contributed by atoms with van der Waals surface area (Å²) >= 11 is 0. The molecule has 1 saturated carbocycles. The fourth-order valence-corrected chi connectivity index (χ4v) is 2.97. The quantitative estimate of drug-likeness (QED) is 0.882. The molecule has 0 atom stereocenters. The van der Waals surface area contributed by atoms with Crippen molar-refractivity contribution >= 4 is 41.8 Å². The van der Waals surface area contributed by atoms with Crippen LogP contribution in [0.2, 0.25) is 0 Å². The minimum Gasteiger partial charge on any atom is -0.353 e. The number of halogens is 2. The molecular weight excluding hydrogens is 335 g/mol. The van der Waals surface area contributed by atoms with Gasteiger partial charge in [0.05, 0.1) is 17.4 Å². The molecule has 1 aliphatic carbocycles. The van der Waals surface area contributed by atoms with E-state index in [1.807, 2.05) is 28.8 Å². The molecule has 1 fully saturated rings. The summed E-state index contributed by atoms with van der Waals surface area (Å²) < 4.78 is 2.03. The predicted octanol–water partition coefficient (Wildman–Crippen LogP) is 2.66. The van der Waals surface area contributed by atoms with Crippen LogP contribution in [0.1, 0.15) is 32.1 Å². The van der Waals surface area contributed by atoms with Gasteiger partial charge in [0.25, 0.3) is 0 Å². The molecule has 0 radical (unpaired) electrons. The lowest BCUT2D eigenvalue weighted by Gasteiger charge is -2.26. The molecule has 0 spiro atoms. The Morgan fingerprint density at radius 3 is 2.65 bits per heavy atom. The number of hydrogen-bond acceptors (Lipinski definition) is 3. The third-order valence-corrected chi connectivity index (χ3v) is 4.24. The Bertz CT molecular complexity index is 623. The number of benzene rings is 1. The summed E-state index contributed by atoms with van der Waals surface area (Å²) in [5.41, 5.74) is 7.93. The number of carbonyl (C=O) groups is 1. The summed E-state index contributed by atoms with van der Waals surface area (Å²) in [5.74, 6) is 0.119. The Balaban J connectivity index is 0.00000132. The van der Waals surface area contributed by atoms with Gasteiger partial charge in [0, 0.05) is 25.0 Å². The van der Waals surface area contributed by atoms with Crippen molar-refractivity contribution in [2.75, 3.05) is 0 Å². The number of nitrogens with two attached hydrogens (primary N) is 1. The fourth-order valence-electron chi connectivity index (χ4n) is 2.97. The maximum Gasteiger partial charge on any atom is 0.222 e. The largest absolute Gasteiger partial charge is 0.353 e. The van der Waals surface area contributed by atoms with Gasteiger partial charge in [0.2, 0.25) is 5.91 Å². The molecule has 1 aromatic heterocycles. The van der Waals surface area contributed by atoms with Gasteiger partial charge in [-0.05, 0) is 37.8 Å². The molecule has 0 aliphatic heterocycles. The van der Waals surface area contributed by atoms with Crippen LogP contribution in [0.4, 0.5) is 0 Å². The van der Waals surface area contributed by atoms with Gasteiger partial charge in [-0.2, -0.15) is 0 Å². The molecule has 7 heteroatoms. The highest BCUT2D eigenvalue weighted by Crippen LogP contribution is 2.17. The van der Waals surface area contributed by atoms with Crippen molar-refractivity contribution in [2.24, 2.45) is 5.73 Å². The highest BCUT2D eigenvalue weighted by molar-refractivity contribution is 5.85. The van der Waals surface area contributed by atoms with Crippen molar-refractivity contribution in [3.63, 3.8) is 0 Å². The second kappa shape index (κ2) is 9.11. The van der Waals surface area contributed by atoms with E-state index in [2.05, 4.69) is 10.3 Å². The maximum absolute atomic E-state index is 12.0. The summed E-state index contributed by atoms with van der Waals surface area (Å²) in [7, 11) is 0. The van der Waals surface area contributed by atoms with E-state index in [-0.39, 0.29) is 30.7 Å². The summed E-state index contributed by atoms with van der Waals surface area (Å²) in [4.78, 5) is 16.4. The molecule has 3 N–H and O–H groups in total. The first-order chi connectivity index (χ1) is 10.2. The van der Waals surface area contributed by atoms with Crippen molar-refractivity contribution in [1.29, 1.82) is 0 Å². The predicted molar refractivity (Wildman–Crippen MR) is 97.2 cm³/mol. The monoisotopic (exact) mass is 358 g/mol. The minimum absolute atomic E-state index is 0. The number of aromatic nitrogens is 2. The van der Waals surface area contributed by atoms with Crippen LogP contribution in [0.25, 0.3) is 11.0 Å². The first-order valence-electron chi connectivity index (χ1n) is 7.67. The van der Waals surface area contributed by atoms with Crippen molar-refractivity contribution in [1.82, 2.24) is 14.9 Å². The van der Waals surface area contributed by atoms with E-state index in [9.17, 15) is 4.79 Å². The molecule has 2 aromatic rings. The van der Waals surface area contributed by atoms with E-state index in [1.54, 1.807) is 6.33 Å². The standard InChI is InChI=1S/C16H22N4O.2ClH/c17-12-5-7-13(8-6-12)19-16(21)9-10-20-11-18-14-3-1-2-4-15(14)20;;/h1-4,11-13H,5-10,17H2,(H,19,21);2*1H. The van der Waals surface area contributed by atoms with E-state index in [1.165, 1.54) is 0 Å². The topological polar surface area (TPSA) is 72.9 Å². The molecule has 1 aromatic carbocycles. The molecule has 0 bridgehead atoms. The smallest absolute Gasteiger partial charge is 0.222 e. The van der Waals surface area contributed by atoms with Crippen molar-refractivity contribution in [2.45, 2.75) is 50.7 Å². The van der Waals surface area contributed by atoms with Gasteiger partial charge in [0.15, 0.2) is 0 Å². The van der Waals surface area contributed by atoms with Crippen LogP contribution >= 0.6 is 24.8 Å². The number of fused-ring (bicyclic) bond motifs is 1. The lowest BCUT2D eigenvalue weighted by Crippen LogP contribution is -2.40. The lowest BCUT2D eigenvalue weighted by molar-refractivity contribution is -0.122. The number of hydrogen-bond donors (Lipinski definition) is 2. The van der Waals surface area contributed by atoms with Gasteiger partial charge >= 0.3 is 0 Å². The first kappa shape index (κ1) is 19.7. The summed E-state index contributed by atoms with van der Waals surface area (Å²) in [6, 6.07) is 8.60. The zero-order chi connectivity index (χ0) is 14.7. The second-order valence-electron chi connectivity index (χ2n) is 5.86. The molecule has 128 valence electrons. The normalized spacial score (nSPS) is 20.4. The Labute approximate surface area is 148 Å². The number of aryl methyl sites for hydroxylation is 1. The van der Waals surface area contributed by atoms with Crippen molar-refractivity contribution < 1.29 is 4.79 Å². The Morgan fingerprint density at radius 2 is 1.91 bits per heavy atom. The summed E-state index contributed by atoms with van der Waals surface area (Å²) in [6.45, 7) is 0.665. The molecule has 1 amide bonds. The highest BCUT2D eigenvalue weighted by Gasteiger charge is 2.19. The second-order valence-corrected chi connectivity index (χ2v) is 5.86. The number of imidazole rings is 1. The van der Waals surface area contributed by atoms with Crippen LogP contribution in [0.5, 0.6) is 0 Å². The molecule has 23 heavy (non-hydrogen) atoms. The van der Waals surface area contributed by atoms with Crippen LogP contribution in [-0.4, -0.2) is 27.5 Å². The van der Waals surface area contributed by atoms with Crippen LogP contribution in [-0.2, 0) is 11.3 Å². The SMILES string of the molecule is Cl.Cl.NC1CCC(NC(=O)CCn2cnc3ccccc32)CC1. The zero-order valence-electron chi connectivity index (χ0n) is 13.0. The molecular formula is C16H24Cl2N4O. The van der Waals surface area contributed by atoms with Crippen LogP contribution < -0.4 is 11.1 Å². The van der Waals surface area contributed by atoms with E-state index < -0.39 is 0 Å². The molecule has 1 aliphatic rings. The van der Waals surface area contributed by atoms with Gasteiger partial charge in [-0.3, -0.25) is 4.79 Å². The number of rotatable bonds is 4. The molecule has 1 heterocycles. The fraction of sp³-hybridized carbons (Fsp3) is 0.500. The summed E-state index contributed by atoms with van der Waals surface area (Å²) in [5, 5.41) is 3.12. The third-order valence-electron chi connectivity index (χ3n) is 4.24. The summed E-state index contributed by atoms with van der Waals surface area (Å²) in [6.07, 6.45) is 6.32. The van der Waals surface area contributed by atoms with E-state index in [4.69, 9.17) is 5.73 Å². The van der Waals surface area contributed by atoms with E-state index in [0.717, 1.165) is 36.7 Å². The molecule has 0 unspecified atom stereocenters. The number of nitrogens with zero attached hydrogens (tertiary/aromatic N) is 2. The van der Waals surface area contributed by atoms with Crippen molar-refractivity contribution in [3.8, 4) is 0 Å². The average Bonchev–Trinajstić information content (AvgIpc) is 2.91. The Kier molecular flexibility index (Phi) is 7.82. The first-order valence-corrected chi connectivity index (χ1v) is 7.67. The number of nitrogens with one attached hydrogen (secondary N) is 1. The number of carbonyl (C=O) groups excluding carboxylic acids is 1. The third kappa shape index (κ3) is 5.09. The van der Waals surface area contributed by atoms with Gasteiger partial charge < -0.3 is 15.6 Å². The average molecular weight is 359 g/mol. The number of amides is 1. The Hall–Kier alpha value is -1.30. The van der Waals surface area contributed by atoms with Gasteiger partial charge in [-0.15, -0.1) is 24.8 Å². The highest BCUT2D eigenvalue weighted by atomic mass is 35.5. The van der Waals surface area contributed by atoms with Crippen LogP contribution in [0.15, 0.2) is 30.6 Å². The maximum atomic E-state index is 12.0. The minimum atomic E-state index is 0. The van der Waals surface area contributed by atoms with Crippen LogP contribution in [0, 0.1) is 0 Å². The zero-order valence-corrected chi connectivity index (χ0v) is 14.6. The van der Waals surface area contributed by atoms with Gasteiger partial charge in [-0.25, -0.2) is 4.98 Å². The van der Waals surface area contributed by atoms with E-state index in [0.29, 0.717) is 25.0 Å². The van der Waals surface area contributed by atoms with Crippen molar-refractivity contribution in [3.05, 3.63) is 30.6 Å².